The van der Waals surface area contributed by atoms with Crippen molar-refractivity contribution < 1.29 is 10.2 Å². The first kappa shape index (κ1) is 16.5. The summed E-state index contributed by atoms with van der Waals surface area (Å²) in [4.78, 5) is 2.10. The zero-order valence-corrected chi connectivity index (χ0v) is 12.5. The van der Waals surface area contributed by atoms with E-state index in [1.54, 1.807) is 25.1 Å². The maximum Gasteiger partial charge on any atom is 0.0992 e. The summed E-state index contributed by atoms with van der Waals surface area (Å²) >= 11 is 0. The molecule has 4 nitrogen and oxygen atoms in total. The van der Waals surface area contributed by atoms with Crippen molar-refractivity contribution in [2.24, 2.45) is 0 Å². The van der Waals surface area contributed by atoms with Gasteiger partial charge in [-0.05, 0) is 31.9 Å². The van der Waals surface area contributed by atoms with E-state index in [0.717, 1.165) is 24.1 Å². The Bertz CT molecular complexity index is 462. The van der Waals surface area contributed by atoms with Crippen LogP contribution >= 0.6 is 0 Å². The molecule has 0 heterocycles. The molecule has 0 saturated heterocycles. The van der Waals surface area contributed by atoms with Gasteiger partial charge in [-0.25, -0.2) is 0 Å². The van der Waals surface area contributed by atoms with Gasteiger partial charge < -0.3 is 15.1 Å². The van der Waals surface area contributed by atoms with Gasteiger partial charge in [-0.3, -0.25) is 0 Å². The van der Waals surface area contributed by atoms with Gasteiger partial charge >= 0.3 is 0 Å². The fourth-order valence-corrected chi connectivity index (χ4v) is 2.55. The summed E-state index contributed by atoms with van der Waals surface area (Å²) in [5.41, 5.74) is 2.21. The lowest BCUT2D eigenvalue weighted by Crippen LogP contribution is -2.37. The molecule has 4 heteroatoms. The summed E-state index contributed by atoms with van der Waals surface area (Å²) in [6.07, 6.45) is 1.30. The van der Waals surface area contributed by atoms with Gasteiger partial charge in [-0.1, -0.05) is 19.9 Å². The molecule has 1 aromatic carbocycles. The number of nitrogens with zero attached hydrogens (tertiary/aromatic N) is 2. The Labute approximate surface area is 121 Å². The summed E-state index contributed by atoms with van der Waals surface area (Å²) in [5.74, 6) is 0. The SMILES string of the molecule is CCC(CC)N(CCO)c1cc(C#N)ccc1C(C)O. The van der Waals surface area contributed by atoms with Crippen molar-refractivity contribution >= 4 is 5.69 Å². The summed E-state index contributed by atoms with van der Waals surface area (Å²) in [6, 6.07) is 7.74. The van der Waals surface area contributed by atoms with E-state index in [0.29, 0.717) is 12.1 Å². The number of benzene rings is 1. The van der Waals surface area contributed by atoms with E-state index < -0.39 is 6.10 Å². The molecule has 0 amide bonds. The van der Waals surface area contributed by atoms with Crippen LogP contribution < -0.4 is 4.90 Å². The van der Waals surface area contributed by atoms with Crippen LogP contribution in [0, 0.1) is 11.3 Å². The third-order valence-electron chi connectivity index (χ3n) is 3.64. The zero-order valence-electron chi connectivity index (χ0n) is 12.5. The third kappa shape index (κ3) is 3.72. The predicted octanol–water partition coefficient (Wildman–Crippen LogP) is 2.60. The lowest BCUT2D eigenvalue weighted by Gasteiger charge is -2.34. The number of hydrogen-bond donors (Lipinski definition) is 2. The lowest BCUT2D eigenvalue weighted by molar-refractivity contribution is 0.199. The van der Waals surface area contributed by atoms with E-state index in [2.05, 4.69) is 24.8 Å². The van der Waals surface area contributed by atoms with E-state index in [4.69, 9.17) is 5.26 Å². The number of aliphatic hydroxyl groups excluding tert-OH is 2. The molecule has 1 atom stereocenters. The fourth-order valence-electron chi connectivity index (χ4n) is 2.55. The quantitative estimate of drug-likeness (QED) is 0.803. The van der Waals surface area contributed by atoms with Gasteiger partial charge in [0.05, 0.1) is 24.3 Å². The predicted molar refractivity (Wildman–Crippen MR) is 80.6 cm³/mol. The standard InChI is InChI=1S/C16H24N2O2/c1-4-14(5-2)18(8-9-19)16-10-13(11-17)6-7-15(16)12(3)20/h6-7,10,12,14,19-20H,4-5,8-9H2,1-3H3. The number of aliphatic hydroxyl groups is 2. The molecule has 2 N–H and O–H groups in total. The lowest BCUT2D eigenvalue weighted by atomic mass is 10.0. The number of hydrogen-bond acceptors (Lipinski definition) is 4. The molecule has 0 aliphatic rings. The van der Waals surface area contributed by atoms with E-state index >= 15 is 0 Å². The first-order chi connectivity index (χ1) is 9.58. The molecule has 1 unspecified atom stereocenters. The second-order valence-corrected chi connectivity index (χ2v) is 4.95. The minimum Gasteiger partial charge on any atom is -0.395 e. The average molecular weight is 276 g/mol. The highest BCUT2D eigenvalue weighted by molar-refractivity contribution is 5.59. The molecular weight excluding hydrogens is 252 g/mol. The molecule has 0 radical (unpaired) electrons. The van der Waals surface area contributed by atoms with Crippen LogP contribution in [-0.4, -0.2) is 29.4 Å². The molecule has 110 valence electrons. The van der Waals surface area contributed by atoms with Gasteiger partial charge in [0.1, 0.15) is 0 Å². The Morgan fingerprint density at radius 2 is 1.95 bits per heavy atom. The molecular formula is C16H24N2O2. The summed E-state index contributed by atoms with van der Waals surface area (Å²) in [6.45, 7) is 6.48. The van der Waals surface area contributed by atoms with Crippen molar-refractivity contribution in [2.45, 2.75) is 45.8 Å². The van der Waals surface area contributed by atoms with Gasteiger partial charge in [0, 0.05) is 23.8 Å². The van der Waals surface area contributed by atoms with Gasteiger partial charge in [-0.15, -0.1) is 0 Å². The molecule has 0 aliphatic carbocycles. The van der Waals surface area contributed by atoms with Crippen molar-refractivity contribution in [1.29, 1.82) is 5.26 Å². The molecule has 0 fully saturated rings. The van der Waals surface area contributed by atoms with Crippen molar-refractivity contribution in [2.75, 3.05) is 18.1 Å². The van der Waals surface area contributed by atoms with E-state index in [1.165, 1.54) is 0 Å². The monoisotopic (exact) mass is 276 g/mol. The normalized spacial score (nSPS) is 12.2. The average Bonchev–Trinajstić information content (AvgIpc) is 2.46. The van der Waals surface area contributed by atoms with Crippen molar-refractivity contribution in [3.63, 3.8) is 0 Å². The Kier molecular flexibility index (Phi) is 6.50. The number of nitriles is 1. The Hall–Kier alpha value is -1.57. The Balaban J connectivity index is 3.32. The van der Waals surface area contributed by atoms with Crippen LogP contribution in [0.25, 0.3) is 0 Å². The minimum atomic E-state index is -0.603. The van der Waals surface area contributed by atoms with Crippen LogP contribution in [0.5, 0.6) is 0 Å². The Morgan fingerprint density at radius 1 is 1.30 bits per heavy atom. The van der Waals surface area contributed by atoms with Crippen LogP contribution in [0.2, 0.25) is 0 Å². The van der Waals surface area contributed by atoms with Crippen molar-refractivity contribution in [3.05, 3.63) is 29.3 Å². The smallest absolute Gasteiger partial charge is 0.0992 e. The summed E-state index contributed by atoms with van der Waals surface area (Å²) in [7, 11) is 0. The van der Waals surface area contributed by atoms with Crippen LogP contribution in [-0.2, 0) is 0 Å². The molecule has 0 aliphatic heterocycles. The van der Waals surface area contributed by atoms with Gasteiger partial charge in [0.25, 0.3) is 0 Å². The molecule has 0 bridgehead atoms. The third-order valence-corrected chi connectivity index (χ3v) is 3.64. The second kappa shape index (κ2) is 7.88. The maximum absolute atomic E-state index is 9.94. The second-order valence-electron chi connectivity index (χ2n) is 4.95. The minimum absolute atomic E-state index is 0.0481. The largest absolute Gasteiger partial charge is 0.395 e. The van der Waals surface area contributed by atoms with Crippen molar-refractivity contribution in [3.8, 4) is 6.07 Å². The van der Waals surface area contributed by atoms with Crippen molar-refractivity contribution in [1.82, 2.24) is 0 Å². The van der Waals surface area contributed by atoms with Crippen LogP contribution in [0.3, 0.4) is 0 Å². The van der Waals surface area contributed by atoms with E-state index in [9.17, 15) is 10.2 Å². The van der Waals surface area contributed by atoms with Gasteiger partial charge in [0.15, 0.2) is 0 Å². The summed E-state index contributed by atoms with van der Waals surface area (Å²) < 4.78 is 0. The molecule has 1 rings (SSSR count). The number of anilines is 1. The molecule has 0 saturated carbocycles. The molecule has 0 spiro atoms. The molecule has 0 aromatic heterocycles. The highest BCUT2D eigenvalue weighted by atomic mass is 16.3. The van der Waals surface area contributed by atoms with Gasteiger partial charge in [0.2, 0.25) is 0 Å². The molecule has 20 heavy (non-hydrogen) atoms. The molecule has 1 aromatic rings. The van der Waals surface area contributed by atoms with Crippen LogP contribution in [0.1, 0.15) is 50.8 Å². The van der Waals surface area contributed by atoms with E-state index in [1.807, 2.05) is 0 Å². The van der Waals surface area contributed by atoms with E-state index in [-0.39, 0.29) is 12.6 Å². The first-order valence-electron chi connectivity index (χ1n) is 7.18. The zero-order chi connectivity index (χ0) is 15.1. The van der Waals surface area contributed by atoms with Gasteiger partial charge in [-0.2, -0.15) is 5.26 Å². The fraction of sp³-hybridized carbons (Fsp3) is 0.562. The Morgan fingerprint density at radius 3 is 2.40 bits per heavy atom. The van der Waals surface area contributed by atoms with Crippen LogP contribution in [0.4, 0.5) is 5.69 Å². The highest BCUT2D eigenvalue weighted by Crippen LogP contribution is 2.30. The first-order valence-corrected chi connectivity index (χ1v) is 7.18. The topological polar surface area (TPSA) is 67.5 Å². The number of rotatable bonds is 7. The highest BCUT2D eigenvalue weighted by Gasteiger charge is 2.20. The van der Waals surface area contributed by atoms with Crippen LogP contribution in [0.15, 0.2) is 18.2 Å². The summed E-state index contributed by atoms with van der Waals surface area (Å²) in [5, 5.41) is 28.3. The maximum atomic E-state index is 9.94.